The molecule has 0 atom stereocenters. The van der Waals surface area contributed by atoms with Gasteiger partial charge in [-0.15, -0.1) is 0 Å². The van der Waals surface area contributed by atoms with Crippen LogP contribution in [0.25, 0.3) is 100 Å². The molecule has 81 heavy (non-hydrogen) atoms. The third-order valence-electron chi connectivity index (χ3n) is 14.4. The first-order valence-corrected chi connectivity index (χ1v) is 29.4. The molecule has 12 aromatic carbocycles. The van der Waals surface area contributed by atoms with Crippen LogP contribution in [0.15, 0.2) is 324 Å². The van der Waals surface area contributed by atoms with Crippen molar-refractivity contribution in [3.8, 4) is 100 Å². The predicted octanol–water partition coefficient (Wildman–Crippen LogP) is 20.8. The highest BCUT2D eigenvalue weighted by Crippen LogP contribution is 2.80. The topological polar surface area (TPSA) is 43.4 Å². The first kappa shape index (κ1) is 52.4. The van der Waals surface area contributed by atoms with Crippen molar-refractivity contribution in [2.24, 2.45) is 0 Å². The molecule has 3 nitrogen and oxygen atoms in total. The van der Waals surface area contributed by atoms with Crippen molar-refractivity contribution in [3.63, 3.8) is 0 Å². The average molecular weight is 1100 g/mol. The third-order valence-corrected chi connectivity index (χ3v) is 19.6. The SMILES string of the molecule is O=S(=O)(OS(c1c(-c2ccccc2)cc(-c2ccccc2)cc1-c1ccccc1)(c1c(-c2ccccc2)cc(-c2ccccc2)cc1-c1ccccc1)c1c(-c2ccccc2)cc(-c2ccccc2)cc1-c1ccccc1)C(F)(F)F. The molecule has 0 N–H and O–H groups in total. The lowest BCUT2D eigenvalue weighted by atomic mass is 9.92. The molecule has 0 spiro atoms. The second-order valence-electron chi connectivity index (χ2n) is 19.5. The van der Waals surface area contributed by atoms with Crippen LogP contribution in [0.1, 0.15) is 0 Å². The van der Waals surface area contributed by atoms with Gasteiger partial charge < -0.3 is 0 Å². The molecule has 394 valence electrons. The Labute approximate surface area is 472 Å². The summed E-state index contributed by atoms with van der Waals surface area (Å²) in [6.07, 6.45) is 0. The van der Waals surface area contributed by atoms with E-state index in [1.54, 1.807) is 0 Å². The fourth-order valence-electron chi connectivity index (χ4n) is 10.8. The third kappa shape index (κ3) is 10.3. The van der Waals surface area contributed by atoms with E-state index < -0.39 is 25.9 Å². The highest BCUT2D eigenvalue weighted by molar-refractivity contribution is 8.33. The molecule has 8 heteroatoms. The largest absolute Gasteiger partial charge is 0.524 e. The Hall–Kier alpha value is -9.31. The lowest BCUT2D eigenvalue weighted by Gasteiger charge is -2.46. The summed E-state index contributed by atoms with van der Waals surface area (Å²) < 4.78 is 88.1. The van der Waals surface area contributed by atoms with E-state index >= 15 is 21.6 Å². The summed E-state index contributed by atoms with van der Waals surface area (Å²) in [6, 6.07) is 98.5. The Kier molecular flexibility index (Phi) is 14.5. The van der Waals surface area contributed by atoms with Gasteiger partial charge in [0.2, 0.25) is 0 Å². The zero-order chi connectivity index (χ0) is 55.4. The molecule has 0 aliphatic rings. The van der Waals surface area contributed by atoms with Crippen LogP contribution in [-0.2, 0) is 13.7 Å². The van der Waals surface area contributed by atoms with Gasteiger partial charge in [0.25, 0.3) is 0 Å². The summed E-state index contributed by atoms with van der Waals surface area (Å²) >= 11 is 0. The van der Waals surface area contributed by atoms with Gasteiger partial charge in [0.1, 0.15) is 0 Å². The predicted molar refractivity (Wildman–Crippen MR) is 327 cm³/mol. The smallest absolute Gasteiger partial charge is 0.200 e. The number of hydrogen-bond acceptors (Lipinski definition) is 3. The Morgan fingerprint density at radius 1 is 0.235 bits per heavy atom. The number of rotatable bonds is 14. The van der Waals surface area contributed by atoms with Crippen LogP contribution >= 0.6 is 10.3 Å². The van der Waals surface area contributed by atoms with E-state index in [1.165, 1.54) is 0 Å². The summed E-state index contributed by atoms with van der Waals surface area (Å²) in [5.74, 6) is 0. The molecule has 0 radical (unpaired) electrons. The fourth-order valence-corrected chi connectivity index (χ4v) is 16.5. The molecule has 0 bridgehead atoms. The molecule has 0 unspecified atom stereocenters. The highest BCUT2D eigenvalue weighted by atomic mass is 32.3. The lowest BCUT2D eigenvalue weighted by Crippen LogP contribution is -2.28. The molecule has 0 aliphatic carbocycles. The standard InChI is InChI=1S/C73H51F3O3S2/c74-73(75,76)81(77,78)79-80(70-64(55-34-16-4-17-35-55)46-61(52-28-10-1-11-29-52)47-65(70)56-36-18-5-19-37-56,71-66(57-38-20-6-21-39-57)48-62(53-30-12-2-13-31-53)49-67(71)58-40-22-7-23-41-58)72-68(59-42-24-8-25-43-59)50-63(54-32-14-3-15-33-54)51-69(72)60-44-26-9-27-45-60/h1-51H. The van der Waals surface area contributed by atoms with Crippen molar-refractivity contribution in [3.05, 3.63) is 309 Å². The van der Waals surface area contributed by atoms with Gasteiger partial charge in [-0.3, -0.25) is 0 Å². The monoisotopic (exact) mass is 1100 g/mol. The van der Waals surface area contributed by atoms with Crippen LogP contribution in [0.3, 0.4) is 0 Å². The van der Waals surface area contributed by atoms with E-state index in [0.29, 0.717) is 66.8 Å². The minimum atomic E-state index is -6.64. The zero-order valence-electron chi connectivity index (χ0n) is 43.6. The van der Waals surface area contributed by atoms with Crippen LogP contribution in [0, 0.1) is 0 Å². The van der Waals surface area contributed by atoms with Gasteiger partial charge in [-0.1, -0.05) is 273 Å². The molecular weight excluding hydrogens is 1050 g/mol. The van der Waals surface area contributed by atoms with Crippen LogP contribution in [-0.4, -0.2) is 13.9 Å². The molecule has 0 saturated heterocycles. The average Bonchev–Trinajstić information content (AvgIpc) is 3.66. The normalized spacial score (nSPS) is 12.0. The van der Waals surface area contributed by atoms with Gasteiger partial charge in [0.15, 0.2) is 0 Å². The van der Waals surface area contributed by atoms with Crippen molar-refractivity contribution in [1.29, 1.82) is 0 Å². The lowest BCUT2D eigenvalue weighted by molar-refractivity contribution is -0.0496. The molecule has 0 amide bonds. The Morgan fingerprint density at radius 3 is 0.556 bits per heavy atom. The van der Waals surface area contributed by atoms with Crippen molar-refractivity contribution in [1.82, 2.24) is 0 Å². The maximum absolute atomic E-state index is 16.6. The molecule has 12 rings (SSSR count). The van der Waals surface area contributed by atoms with E-state index in [9.17, 15) is 0 Å². The Balaban J connectivity index is 1.46. The first-order chi connectivity index (χ1) is 39.6. The molecule has 0 saturated carbocycles. The maximum Gasteiger partial charge on any atom is 0.524 e. The molecular formula is C73H51F3O3S2. The number of hydrogen-bond donors (Lipinski definition) is 0. The molecule has 0 aliphatic heterocycles. The van der Waals surface area contributed by atoms with Gasteiger partial charge in [-0.05, 0) is 147 Å². The fraction of sp³-hybridized carbons (Fsp3) is 0.0137. The molecule has 0 fully saturated rings. The quantitative estimate of drug-likeness (QED) is 0.102. The molecule has 12 aromatic rings. The molecule has 0 aromatic heterocycles. The van der Waals surface area contributed by atoms with Crippen LogP contribution in [0.5, 0.6) is 0 Å². The van der Waals surface area contributed by atoms with E-state index in [0.717, 1.165) is 33.4 Å². The van der Waals surface area contributed by atoms with Crippen molar-refractivity contribution in [2.75, 3.05) is 0 Å². The van der Waals surface area contributed by atoms with Gasteiger partial charge in [-0.25, -0.2) is 0 Å². The van der Waals surface area contributed by atoms with E-state index in [1.807, 2.05) is 309 Å². The first-order valence-electron chi connectivity index (χ1n) is 26.5. The van der Waals surface area contributed by atoms with Crippen molar-refractivity contribution in [2.45, 2.75) is 20.2 Å². The summed E-state index contributed by atoms with van der Waals surface area (Å²) in [4.78, 5) is 0.739. The van der Waals surface area contributed by atoms with Gasteiger partial charge in [0.05, 0.1) is 0 Å². The minimum absolute atomic E-state index is 0.246. The number of alkyl halides is 3. The maximum atomic E-state index is 16.6. The van der Waals surface area contributed by atoms with Crippen LogP contribution in [0.4, 0.5) is 13.2 Å². The number of halogens is 3. The van der Waals surface area contributed by atoms with Crippen LogP contribution in [0.2, 0.25) is 0 Å². The van der Waals surface area contributed by atoms with Gasteiger partial charge in [-0.2, -0.15) is 25.2 Å². The number of benzene rings is 12. The van der Waals surface area contributed by atoms with E-state index in [4.69, 9.17) is 3.63 Å². The second kappa shape index (κ2) is 22.4. The van der Waals surface area contributed by atoms with Crippen LogP contribution < -0.4 is 0 Å². The second-order valence-corrected chi connectivity index (χ2v) is 23.8. The Morgan fingerprint density at radius 2 is 0.395 bits per heavy atom. The van der Waals surface area contributed by atoms with Gasteiger partial charge in [0, 0.05) is 14.7 Å². The summed E-state index contributed by atoms with van der Waals surface area (Å²) in [6.45, 7) is 0. The summed E-state index contributed by atoms with van der Waals surface area (Å²) in [7, 11) is -11.2. The van der Waals surface area contributed by atoms with Crippen molar-refractivity contribution >= 4 is 20.4 Å². The summed E-state index contributed by atoms with van der Waals surface area (Å²) in [5.41, 5.74) is 5.42. The van der Waals surface area contributed by atoms with E-state index in [-0.39, 0.29) is 14.7 Å². The van der Waals surface area contributed by atoms with E-state index in [2.05, 4.69) is 0 Å². The zero-order valence-corrected chi connectivity index (χ0v) is 45.3. The highest BCUT2D eigenvalue weighted by Gasteiger charge is 2.56. The van der Waals surface area contributed by atoms with Crippen molar-refractivity contribution < 1.29 is 25.2 Å². The summed E-state index contributed by atoms with van der Waals surface area (Å²) in [5, 5.41) is 0. The van der Waals surface area contributed by atoms with Gasteiger partial charge >= 0.3 is 15.6 Å². The Bertz CT molecular complexity index is 3660. The minimum Gasteiger partial charge on any atom is -0.200 e. The molecule has 0 heterocycles.